The zero-order valence-corrected chi connectivity index (χ0v) is 14.9. The smallest absolute Gasteiger partial charge is 0.251 e. The van der Waals surface area contributed by atoms with Crippen LogP contribution in [-0.2, 0) is 11.2 Å². The Morgan fingerprint density at radius 3 is 2.91 bits per heavy atom. The van der Waals surface area contributed by atoms with Crippen LogP contribution in [0.15, 0.2) is 16.0 Å². The lowest BCUT2D eigenvalue weighted by Crippen LogP contribution is -2.16. The summed E-state index contributed by atoms with van der Waals surface area (Å²) in [5.41, 5.74) is 0.505. The number of anilines is 1. The fraction of sp³-hybridized carbons (Fsp3) is 0.500. The molecule has 2 aromatic heterocycles. The molecule has 2 N–H and O–H groups in total. The number of aromatic nitrogens is 4. The molecule has 1 amide bonds. The quantitative estimate of drug-likeness (QED) is 0.586. The van der Waals surface area contributed by atoms with Crippen LogP contribution in [0, 0.1) is 0 Å². The van der Waals surface area contributed by atoms with Gasteiger partial charge in [-0.05, 0) is 12.3 Å². The van der Waals surface area contributed by atoms with E-state index in [4.69, 9.17) is 0 Å². The molecule has 2 aromatic rings. The van der Waals surface area contributed by atoms with Crippen LogP contribution < -0.4 is 10.9 Å². The zero-order chi connectivity index (χ0) is 16.8. The van der Waals surface area contributed by atoms with E-state index in [-0.39, 0.29) is 23.1 Å². The number of amides is 1. The lowest BCUT2D eigenvalue weighted by atomic mass is 10.1. The summed E-state index contributed by atoms with van der Waals surface area (Å²) in [6.07, 6.45) is 1.85. The van der Waals surface area contributed by atoms with Crippen LogP contribution in [0.5, 0.6) is 0 Å². The normalized spacial score (nSPS) is 11.0. The van der Waals surface area contributed by atoms with Crippen molar-refractivity contribution >= 4 is 34.1 Å². The maximum Gasteiger partial charge on any atom is 0.251 e. The van der Waals surface area contributed by atoms with Gasteiger partial charge in [0.15, 0.2) is 5.16 Å². The number of thioether (sulfide) groups is 1. The second-order valence-electron chi connectivity index (χ2n) is 5.22. The molecule has 0 aliphatic carbocycles. The Labute approximate surface area is 142 Å². The van der Waals surface area contributed by atoms with E-state index >= 15 is 0 Å². The molecule has 124 valence electrons. The highest BCUT2D eigenvalue weighted by Gasteiger charge is 2.11. The molecule has 7 nitrogen and oxygen atoms in total. The number of rotatable bonds is 7. The third-order valence-corrected chi connectivity index (χ3v) is 4.62. The average molecular weight is 353 g/mol. The molecule has 0 saturated heterocycles. The third-order valence-electron chi connectivity index (χ3n) is 2.85. The summed E-state index contributed by atoms with van der Waals surface area (Å²) in [5, 5.41) is 12.5. The highest BCUT2D eigenvalue weighted by Crippen LogP contribution is 2.18. The molecule has 0 spiro atoms. The maximum absolute atomic E-state index is 11.9. The van der Waals surface area contributed by atoms with Gasteiger partial charge in [-0.3, -0.25) is 14.9 Å². The van der Waals surface area contributed by atoms with Crippen LogP contribution in [0.25, 0.3) is 0 Å². The van der Waals surface area contributed by atoms with Gasteiger partial charge in [-0.15, -0.1) is 10.2 Å². The number of aromatic amines is 1. The van der Waals surface area contributed by atoms with Gasteiger partial charge in [0.25, 0.3) is 5.56 Å². The maximum atomic E-state index is 11.9. The van der Waals surface area contributed by atoms with E-state index in [0.717, 1.165) is 17.8 Å². The van der Waals surface area contributed by atoms with Gasteiger partial charge in [0, 0.05) is 12.5 Å². The van der Waals surface area contributed by atoms with Gasteiger partial charge >= 0.3 is 0 Å². The summed E-state index contributed by atoms with van der Waals surface area (Å²) in [7, 11) is 0. The van der Waals surface area contributed by atoms with Gasteiger partial charge in [-0.1, -0.05) is 43.9 Å². The lowest BCUT2D eigenvalue weighted by Gasteiger charge is -2.06. The summed E-state index contributed by atoms with van der Waals surface area (Å²) in [5.74, 6) is 0.100. The van der Waals surface area contributed by atoms with Crippen molar-refractivity contribution in [1.29, 1.82) is 0 Å². The Morgan fingerprint density at radius 2 is 2.22 bits per heavy atom. The minimum atomic E-state index is -0.208. The first-order valence-electron chi connectivity index (χ1n) is 7.34. The first kappa shape index (κ1) is 17.6. The van der Waals surface area contributed by atoms with Crippen LogP contribution in [0.1, 0.15) is 43.8 Å². The molecule has 0 aromatic carbocycles. The van der Waals surface area contributed by atoms with Crippen molar-refractivity contribution in [1.82, 2.24) is 20.2 Å². The van der Waals surface area contributed by atoms with Crippen LogP contribution in [0.3, 0.4) is 0 Å². The first-order chi connectivity index (χ1) is 11.0. The minimum Gasteiger partial charge on any atom is -0.301 e. The number of nitrogens with one attached hydrogen (secondary N) is 2. The number of aryl methyl sites for hydroxylation is 1. The minimum absolute atomic E-state index is 0.146. The Bertz CT molecular complexity index is 726. The van der Waals surface area contributed by atoms with Crippen molar-refractivity contribution in [2.24, 2.45) is 0 Å². The van der Waals surface area contributed by atoms with Gasteiger partial charge in [-0.2, -0.15) is 0 Å². The van der Waals surface area contributed by atoms with Crippen LogP contribution in [0.4, 0.5) is 5.13 Å². The zero-order valence-electron chi connectivity index (χ0n) is 13.3. The van der Waals surface area contributed by atoms with Crippen molar-refractivity contribution < 1.29 is 4.79 Å². The summed E-state index contributed by atoms with van der Waals surface area (Å²) < 4.78 is 0. The molecule has 2 rings (SSSR count). The average Bonchev–Trinajstić information content (AvgIpc) is 2.92. The van der Waals surface area contributed by atoms with E-state index in [1.165, 1.54) is 29.2 Å². The van der Waals surface area contributed by atoms with Gasteiger partial charge in [0.05, 0.1) is 11.4 Å². The second-order valence-corrected chi connectivity index (χ2v) is 7.24. The van der Waals surface area contributed by atoms with E-state index in [9.17, 15) is 9.59 Å². The first-order valence-corrected chi connectivity index (χ1v) is 9.14. The van der Waals surface area contributed by atoms with Gasteiger partial charge in [-0.25, -0.2) is 4.98 Å². The van der Waals surface area contributed by atoms with Crippen LogP contribution >= 0.6 is 23.1 Å². The molecule has 2 heterocycles. The molecule has 0 fully saturated rings. The summed E-state index contributed by atoms with van der Waals surface area (Å²) in [4.78, 5) is 30.5. The Kier molecular flexibility index (Phi) is 6.28. The molecular formula is C14H19N5O2S2. The van der Waals surface area contributed by atoms with Crippen LogP contribution in [-0.4, -0.2) is 31.8 Å². The van der Waals surface area contributed by atoms with Crippen LogP contribution in [0.2, 0.25) is 0 Å². The fourth-order valence-corrected chi connectivity index (χ4v) is 3.27. The summed E-state index contributed by atoms with van der Waals surface area (Å²) in [6.45, 7) is 5.99. The summed E-state index contributed by atoms with van der Waals surface area (Å²) in [6, 6.07) is 1.48. The number of hydrogen-bond acceptors (Lipinski definition) is 7. The Hall–Kier alpha value is -1.74. The van der Waals surface area contributed by atoms with Gasteiger partial charge < -0.3 is 4.98 Å². The van der Waals surface area contributed by atoms with E-state index in [0.29, 0.717) is 16.0 Å². The monoisotopic (exact) mass is 353 g/mol. The molecule has 0 atom stereocenters. The summed E-state index contributed by atoms with van der Waals surface area (Å²) >= 11 is 2.57. The predicted octanol–water partition coefficient (Wildman–Crippen LogP) is 2.43. The molecule has 0 unspecified atom stereocenters. The molecule has 23 heavy (non-hydrogen) atoms. The second kappa shape index (κ2) is 8.21. The highest BCUT2D eigenvalue weighted by molar-refractivity contribution is 7.99. The molecule has 0 bridgehead atoms. The molecule has 0 aliphatic heterocycles. The predicted molar refractivity (Wildman–Crippen MR) is 92.2 cm³/mol. The van der Waals surface area contributed by atoms with Gasteiger partial charge in [0.2, 0.25) is 11.0 Å². The van der Waals surface area contributed by atoms with E-state index in [1.807, 2.05) is 13.8 Å². The number of hydrogen-bond donors (Lipinski definition) is 2. The van der Waals surface area contributed by atoms with Crippen molar-refractivity contribution in [2.75, 3.05) is 11.1 Å². The standard InChI is InChI=1S/C14H19N5O2S2/c1-4-5-12-18-19-14(23-12)17-11(21)7-22-13-15-9(8(2)3)6-10(20)16-13/h6,8H,4-5,7H2,1-3H3,(H,15,16,20)(H,17,19,21). The Balaban J connectivity index is 1.92. The Morgan fingerprint density at radius 1 is 1.43 bits per heavy atom. The van der Waals surface area contributed by atoms with E-state index in [1.54, 1.807) is 0 Å². The van der Waals surface area contributed by atoms with E-state index in [2.05, 4.69) is 32.4 Å². The van der Waals surface area contributed by atoms with Crippen molar-refractivity contribution in [3.63, 3.8) is 0 Å². The molecular weight excluding hydrogens is 334 g/mol. The van der Waals surface area contributed by atoms with E-state index < -0.39 is 0 Å². The molecule has 0 saturated carbocycles. The number of carbonyl (C=O) groups is 1. The molecule has 0 aliphatic rings. The topological polar surface area (TPSA) is 101 Å². The van der Waals surface area contributed by atoms with Gasteiger partial charge in [0.1, 0.15) is 5.01 Å². The highest BCUT2D eigenvalue weighted by atomic mass is 32.2. The molecule has 9 heteroatoms. The fourth-order valence-electron chi connectivity index (χ4n) is 1.73. The number of carbonyl (C=O) groups excluding carboxylic acids is 1. The number of H-pyrrole nitrogens is 1. The largest absolute Gasteiger partial charge is 0.301 e. The SMILES string of the molecule is CCCc1nnc(NC(=O)CSc2nc(C(C)C)cc(=O)[nH]2)s1. The number of nitrogens with zero attached hydrogens (tertiary/aromatic N) is 3. The lowest BCUT2D eigenvalue weighted by molar-refractivity contribution is -0.113. The van der Waals surface area contributed by atoms with Crippen molar-refractivity contribution in [3.05, 3.63) is 27.1 Å². The molecule has 0 radical (unpaired) electrons. The van der Waals surface area contributed by atoms with Crippen molar-refractivity contribution in [2.45, 2.75) is 44.7 Å². The third kappa shape index (κ3) is 5.43. The van der Waals surface area contributed by atoms with Crippen molar-refractivity contribution in [3.8, 4) is 0 Å².